The molecule has 1 aliphatic heterocycles. The normalized spacial score (nSPS) is 19.1. The fourth-order valence-corrected chi connectivity index (χ4v) is 3.27. The highest BCUT2D eigenvalue weighted by atomic mass is 16.2. The molecule has 0 saturated carbocycles. The van der Waals surface area contributed by atoms with Crippen molar-refractivity contribution < 1.29 is 4.79 Å². The standard InChI is InChI=1S/C20H25N3O/c1-3-16-6-8-17(9-7-16)15(2)20(24)23-12-11-22-14-19(23)18-5-4-10-21-13-18/h4-10,13,15,19,22H,3,11-12,14H2,1-2H3. The number of nitrogens with zero attached hydrogens (tertiary/aromatic N) is 2. The quantitative estimate of drug-likeness (QED) is 0.941. The maximum absolute atomic E-state index is 13.1. The summed E-state index contributed by atoms with van der Waals surface area (Å²) in [6.45, 7) is 6.49. The third kappa shape index (κ3) is 3.49. The monoisotopic (exact) mass is 323 g/mol. The molecule has 4 heteroatoms. The van der Waals surface area contributed by atoms with E-state index in [1.807, 2.05) is 30.2 Å². The van der Waals surface area contributed by atoms with Gasteiger partial charge in [-0.25, -0.2) is 0 Å². The van der Waals surface area contributed by atoms with Crippen molar-refractivity contribution in [3.63, 3.8) is 0 Å². The van der Waals surface area contributed by atoms with Crippen molar-refractivity contribution in [2.24, 2.45) is 0 Å². The van der Waals surface area contributed by atoms with E-state index in [1.54, 1.807) is 6.20 Å². The van der Waals surface area contributed by atoms with Crippen LogP contribution in [0.4, 0.5) is 0 Å². The molecular weight excluding hydrogens is 298 g/mol. The number of benzene rings is 1. The first-order valence-corrected chi connectivity index (χ1v) is 8.70. The van der Waals surface area contributed by atoms with Gasteiger partial charge in [-0.05, 0) is 36.1 Å². The molecule has 0 radical (unpaired) electrons. The summed E-state index contributed by atoms with van der Waals surface area (Å²) in [7, 11) is 0. The molecule has 1 aliphatic rings. The van der Waals surface area contributed by atoms with Crippen molar-refractivity contribution in [2.75, 3.05) is 19.6 Å². The largest absolute Gasteiger partial charge is 0.333 e. The lowest BCUT2D eigenvalue weighted by Gasteiger charge is -2.38. The van der Waals surface area contributed by atoms with E-state index in [-0.39, 0.29) is 17.9 Å². The number of amides is 1. The Balaban J connectivity index is 1.80. The van der Waals surface area contributed by atoms with Gasteiger partial charge < -0.3 is 10.2 Å². The molecule has 0 bridgehead atoms. The fourth-order valence-electron chi connectivity index (χ4n) is 3.27. The number of pyridine rings is 1. The van der Waals surface area contributed by atoms with Gasteiger partial charge in [-0.1, -0.05) is 37.3 Å². The second-order valence-corrected chi connectivity index (χ2v) is 6.35. The minimum absolute atomic E-state index is 0.0531. The van der Waals surface area contributed by atoms with Crippen molar-refractivity contribution >= 4 is 5.91 Å². The predicted octanol–water partition coefficient (Wildman–Crippen LogP) is 2.92. The average molecular weight is 323 g/mol. The Kier molecular flexibility index (Phi) is 5.26. The molecule has 3 rings (SSSR count). The first-order chi connectivity index (χ1) is 11.7. The lowest BCUT2D eigenvalue weighted by Crippen LogP contribution is -2.49. The SMILES string of the molecule is CCc1ccc(C(C)C(=O)N2CCNCC2c2cccnc2)cc1. The highest BCUT2D eigenvalue weighted by Crippen LogP contribution is 2.27. The summed E-state index contributed by atoms with van der Waals surface area (Å²) in [5, 5.41) is 3.39. The van der Waals surface area contributed by atoms with Crippen LogP contribution >= 0.6 is 0 Å². The lowest BCUT2D eigenvalue weighted by molar-refractivity contribution is -0.135. The molecule has 126 valence electrons. The van der Waals surface area contributed by atoms with Crippen LogP contribution in [0.15, 0.2) is 48.8 Å². The van der Waals surface area contributed by atoms with Gasteiger partial charge >= 0.3 is 0 Å². The van der Waals surface area contributed by atoms with E-state index in [0.717, 1.165) is 37.2 Å². The van der Waals surface area contributed by atoms with Crippen molar-refractivity contribution in [1.82, 2.24) is 15.2 Å². The maximum atomic E-state index is 13.1. The Morgan fingerprint density at radius 2 is 2.12 bits per heavy atom. The highest BCUT2D eigenvalue weighted by Gasteiger charge is 2.31. The molecule has 2 heterocycles. The van der Waals surface area contributed by atoms with Crippen molar-refractivity contribution in [3.05, 3.63) is 65.5 Å². The minimum atomic E-state index is -0.131. The molecule has 1 saturated heterocycles. The van der Waals surface area contributed by atoms with Gasteiger partial charge in [0.15, 0.2) is 0 Å². The number of aryl methyl sites for hydroxylation is 1. The van der Waals surface area contributed by atoms with Gasteiger partial charge in [0.25, 0.3) is 0 Å². The van der Waals surface area contributed by atoms with Crippen molar-refractivity contribution in [2.45, 2.75) is 32.2 Å². The summed E-state index contributed by atoms with van der Waals surface area (Å²) in [4.78, 5) is 19.3. The molecule has 2 aromatic rings. The predicted molar refractivity (Wildman–Crippen MR) is 95.8 cm³/mol. The molecule has 2 atom stereocenters. The van der Waals surface area contributed by atoms with Gasteiger partial charge in [0, 0.05) is 32.0 Å². The number of aromatic nitrogens is 1. The third-order valence-corrected chi connectivity index (χ3v) is 4.85. The van der Waals surface area contributed by atoms with Gasteiger partial charge in [0.2, 0.25) is 5.91 Å². The number of rotatable bonds is 4. The van der Waals surface area contributed by atoms with Crippen LogP contribution in [0.1, 0.15) is 42.5 Å². The molecule has 24 heavy (non-hydrogen) atoms. The lowest BCUT2D eigenvalue weighted by atomic mass is 9.95. The summed E-state index contributed by atoms with van der Waals surface area (Å²) >= 11 is 0. The van der Waals surface area contributed by atoms with E-state index in [2.05, 4.69) is 41.5 Å². The number of nitrogens with one attached hydrogen (secondary N) is 1. The van der Waals surface area contributed by atoms with Gasteiger partial charge in [0.1, 0.15) is 0 Å². The van der Waals surface area contributed by atoms with Crippen LogP contribution in [-0.2, 0) is 11.2 Å². The zero-order valence-corrected chi connectivity index (χ0v) is 14.4. The molecule has 0 aliphatic carbocycles. The van der Waals surface area contributed by atoms with E-state index in [9.17, 15) is 4.79 Å². The first kappa shape index (κ1) is 16.7. The minimum Gasteiger partial charge on any atom is -0.333 e. The molecule has 0 spiro atoms. The Morgan fingerprint density at radius 3 is 2.79 bits per heavy atom. The molecule has 2 unspecified atom stereocenters. The van der Waals surface area contributed by atoms with Gasteiger partial charge in [-0.15, -0.1) is 0 Å². The van der Waals surface area contributed by atoms with Gasteiger partial charge in [-0.2, -0.15) is 0 Å². The van der Waals surface area contributed by atoms with Crippen LogP contribution in [-0.4, -0.2) is 35.4 Å². The zero-order chi connectivity index (χ0) is 16.9. The smallest absolute Gasteiger partial charge is 0.230 e. The third-order valence-electron chi connectivity index (χ3n) is 4.85. The van der Waals surface area contributed by atoms with Crippen LogP contribution < -0.4 is 5.32 Å². The van der Waals surface area contributed by atoms with Crippen molar-refractivity contribution in [3.8, 4) is 0 Å². The van der Waals surface area contributed by atoms with Crippen molar-refractivity contribution in [1.29, 1.82) is 0 Å². The Morgan fingerprint density at radius 1 is 1.33 bits per heavy atom. The van der Waals surface area contributed by atoms with Gasteiger partial charge in [-0.3, -0.25) is 9.78 Å². The molecule has 1 fully saturated rings. The van der Waals surface area contributed by atoms with E-state index >= 15 is 0 Å². The number of hydrogen-bond donors (Lipinski definition) is 1. The summed E-state index contributed by atoms with van der Waals surface area (Å²) in [5.74, 6) is 0.0581. The summed E-state index contributed by atoms with van der Waals surface area (Å²) < 4.78 is 0. The topological polar surface area (TPSA) is 45.2 Å². The molecular formula is C20H25N3O. The maximum Gasteiger partial charge on any atom is 0.230 e. The summed E-state index contributed by atoms with van der Waals surface area (Å²) in [6, 6.07) is 12.4. The molecule has 1 N–H and O–H groups in total. The second-order valence-electron chi connectivity index (χ2n) is 6.35. The van der Waals surface area contributed by atoms with Crippen LogP contribution in [0.3, 0.4) is 0 Å². The highest BCUT2D eigenvalue weighted by molar-refractivity contribution is 5.84. The van der Waals surface area contributed by atoms with Gasteiger partial charge in [0.05, 0.1) is 12.0 Å². The Hall–Kier alpha value is -2.20. The Bertz CT molecular complexity index is 669. The first-order valence-electron chi connectivity index (χ1n) is 8.70. The van der Waals surface area contributed by atoms with E-state index in [4.69, 9.17) is 0 Å². The number of carbonyl (C=O) groups excluding carboxylic acids is 1. The second kappa shape index (κ2) is 7.58. The number of carbonyl (C=O) groups is 1. The van der Waals surface area contributed by atoms with Crippen LogP contribution in [0.2, 0.25) is 0 Å². The summed E-state index contributed by atoms with van der Waals surface area (Å²) in [6.07, 6.45) is 4.64. The molecule has 1 aromatic carbocycles. The molecule has 1 amide bonds. The molecule has 4 nitrogen and oxygen atoms in total. The van der Waals surface area contributed by atoms with E-state index in [0.29, 0.717) is 0 Å². The summed E-state index contributed by atoms with van der Waals surface area (Å²) in [5.41, 5.74) is 3.47. The fraction of sp³-hybridized carbons (Fsp3) is 0.400. The van der Waals surface area contributed by atoms with Crippen LogP contribution in [0, 0.1) is 0 Å². The van der Waals surface area contributed by atoms with Crippen LogP contribution in [0.5, 0.6) is 0 Å². The van der Waals surface area contributed by atoms with E-state index in [1.165, 1.54) is 5.56 Å². The van der Waals surface area contributed by atoms with Crippen LogP contribution in [0.25, 0.3) is 0 Å². The van der Waals surface area contributed by atoms with E-state index < -0.39 is 0 Å². The zero-order valence-electron chi connectivity index (χ0n) is 14.4. The molecule has 1 aromatic heterocycles. The number of hydrogen-bond acceptors (Lipinski definition) is 3. The number of piperazine rings is 1. The Labute approximate surface area is 143 Å². The average Bonchev–Trinajstić information content (AvgIpc) is 2.67.